The van der Waals surface area contributed by atoms with Crippen LogP contribution in [0, 0.1) is 41.8 Å². The molecule has 536 valence electrons. The Morgan fingerprint density at radius 2 is 0.863 bits per heavy atom. The maximum Gasteiger partial charge on any atom is 0.417 e. The van der Waals surface area contributed by atoms with Gasteiger partial charge in [-0.25, -0.2) is 66.2 Å². The lowest BCUT2D eigenvalue weighted by atomic mass is 9.97. The van der Waals surface area contributed by atoms with Gasteiger partial charge in [-0.1, -0.05) is 12.1 Å². The number of carbonyl (C=O) groups excluding carboxylic acids is 3. The number of hydrogen-bond donors (Lipinski definition) is 0. The number of carbonyl (C=O) groups is 3. The van der Waals surface area contributed by atoms with Crippen molar-refractivity contribution < 1.29 is 98.9 Å². The van der Waals surface area contributed by atoms with Gasteiger partial charge in [-0.2, -0.15) is 39.5 Å². The Kier molecular flexibility index (Phi) is 22.4. The van der Waals surface area contributed by atoms with Crippen molar-refractivity contribution in [3.8, 4) is 51.9 Å². The summed E-state index contributed by atoms with van der Waals surface area (Å²) < 4.78 is 222. The van der Waals surface area contributed by atoms with Gasteiger partial charge in [0.05, 0.1) is 81.2 Å². The van der Waals surface area contributed by atoms with Crippen molar-refractivity contribution in [2.24, 2.45) is 0 Å². The number of rotatable bonds is 12. The summed E-state index contributed by atoms with van der Waals surface area (Å²) >= 11 is 0. The molecular formula is C68H57F15N12O7. The molecule has 3 amide bonds. The zero-order valence-electron chi connectivity index (χ0n) is 53.8. The quantitative estimate of drug-likeness (QED) is 0.104. The van der Waals surface area contributed by atoms with Crippen LogP contribution in [0.1, 0.15) is 113 Å². The number of piperidine rings is 3. The van der Waals surface area contributed by atoms with Crippen LogP contribution in [0.2, 0.25) is 0 Å². The van der Waals surface area contributed by atoms with Crippen molar-refractivity contribution in [1.29, 1.82) is 0 Å². The second-order valence-electron chi connectivity index (χ2n) is 23.5. The van der Waals surface area contributed by atoms with Gasteiger partial charge >= 0.3 is 18.5 Å². The third kappa shape index (κ3) is 17.0. The summed E-state index contributed by atoms with van der Waals surface area (Å²) in [5, 5.41) is 0. The molecule has 3 fully saturated rings. The Bertz CT molecular complexity index is 4460. The van der Waals surface area contributed by atoms with E-state index in [-0.39, 0.29) is 52.1 Å². The molecule has 0 unspecified atom stereocenters. The monoisotopic (exact) mass is 1440 g/mol. The molecule has 0 spiro atoms. The Balaban J connectivity index is 0.000000165. The van der Waals surface area contributed by atoms with Gasteiger partial charge in [-0.15, -0.1) is 0 Å². The summed E-state index contributed by atoms with van der Waals surface area (Å²) in [6.07, 6.45) is -3.19. The van der Waals surface area contributed by atoms with E-state index in [4.69, 9.17) is 18.6 Å². The highest BCUT2D eigenvalue weighted by Gasteiger charge is 2.41. The fourth-order valence-electron chi connectivity index (χ4n) is 11.5. The predicted octanol–water partition coefficient (Wildman–Crippen LogP) is 14.6. The van der Waals surface area contributed by atoms with Crippen LogP contribution >= 0.6 is 0 Å². The molecule has 2 aromatic carbocycles. The van der Waals surface area contributed by atoms with Crippen LogP contribution in [0.4, 0.5) is 65.9 Å². The second-order valence-corrected chi connectivity index (χ2v) is 23.5. The van der Waals surface area contributed by atoms with Gasteiger partial charge in [-0.3, -0.25) is 19.4 Å². The van der Waals surface area contributed by atoms with Gasteiger partial charge in [-0.05, 0) is 126 Å². The minimum atomic E-state index is -4.76. The Morgan fingerprint density at radius 3 is 1.26 bits per heavy atom. The van der Waals surface area contributed by atoms with Gasteiger partial charge in [0.2, 0.25) is 5.89 Å². The predicted molar refractivity (Wildman–Crippen MR) is 329 cm³/mol. The SMILES string of the molecule is C[C@H]1[C@H](Oc2ncc(C(F)(F)F)cc2F)CCCN1C(=O)c1cccc(F)c1-c1ncc(F)cn1.C[C@H]1[C@H](Oc2ncc(C(F)(F)F)cc2F)CCCN1C(=O)c1cccc(F)c1-c1ncco1.Cc1cnc(C(=O)N2CCC[C@@H](Oc3ncc(C(F)(F)F)cc3F)[C@@H]2C)c(-c2ncccn2)c1. The van der Waals surface area contributed by atoms with E-state index in [0.717, 1.165) is 24.0 Å². The number of likely N-dealkylation sites (tertiary alicyclic amines) is 3. The molecule has 102 heavy (non-hydrogen) atoms. The van der Waals surface area contributed by atoms with E-state index >= 15 is 0 Å². The molecule has 0 aliphatic carbocycles. The summed E-state index contributed by atoms with van der Waals surface area (Å²) in [6.45, 7) is 7.86. The highest BCUT2D eigenvalue weighted by Crippen LogP contribution is 2.38. The van der Waals surface area contributed by atoms with Crippen LogP contribution in [0.3, 0.4) is 0 Å². The molecular weight excluding hydrogens is 1380 g/mol. The fraction of sp³-hybridized carbons (Fsp3) is 0.324. The Hall–Kier alpha value is -10.8. The number of alkyl halides is 9. The lowest BCUT2D eigenvalue weighted by molar-refractivity contribution is -0.138. The van der Waals surface area contributed by atoms with E-state index in [1.165, 1.54) is 52.6 Å². The third-order valence-electron chi connectivity index (χ3n) is 16.7. The number of aryl methyl sites for hydroxylation is 1. The first kappa shape index (κ1) is 73.9. The number of ether oxygens (including phenoxy) is 3. The lowest BCUT2D eigenvalue weighted by Gasteiger charge is -2.39. The van der Waals surface area contributed by atoms with E-state index in [1.807, 2.05) is 6.92 Å². The van der Waals surface area contributed by atoms with E-state index in [9.17, 15) is 80.2 Å². The molecule has 0 bridgehead atoms. The van der Waals surface area contributed by atoms with Crippen molar-refractivity contribution >= 4 is 17.7 Å². The first-order chi connectivity index (χ1) is 48.4. The molecule has 12 rings (SSSR count). The molecule has 0 saturated carbocycles. The van der Waals surface area contributed by atoms with Crippen LogP contribution in [-0.4, -0.2) is 133 Å². The summed E-state index contributed by atoms with van der Waals surface area (Å²) in [5.41, 5.74) is -2.53. The molecule has 6 atom stereocenters. The summed E-state index contributed by atoms with van der Waals surface area (Å²) in [4.78, 5) is 79.3. The highest BCUT2D eigenvalue weighted by atomic mass is 19.4. The average molecular weight is 1440 g/mol. The van der Waals surface area contributed by atoms with E-state index in [1.54, 1.807) is 56.4 Å². The van der Waals surface area contributed by atoms with Crippen molar-refractivity contribution in [2.45, 2.75) is 121 Å². The van der Waals surface area contributed by atoms with Gasteiger partial charge in [0.1, 0.15) is 41.9 Å². The van der Waals surface area contributed by atoms with E-state index in [0.29, 0.717) is 99.8 Å². The van der Waals surface area contributed by atoms with Gasteiger partial charge in [0, 0.05) is 56.8 Å². The summed E-state index contributed by atoms with van der Waals surface area (Å²) in [7, 11) is 0. The molecule has 3 saturated heterocycles. The minimum absolute atomic E-state index is 0.0313. The number of nitrogens with zero attached hydrogens (tertiary/aromatic N) is 12. The van der Waals surface area contributed by atoms with Crippen LogP contribution in [0.15, 0.2) is 133 Å². The smallest absolute Gasteiger partial charge is 0.417 e. The zero-order chi connectivity index (χ0) is 73.5. The number of oxazole rings is 1. The highest BCUT2D eigenvalue weighted by molar-refractivity contribution is 6.01. The molecule has 19 nitrogen and oxygen atoms in total. The maximum absolute atomic E-state index is 14.7. The lowest BCUT2D eigenvalue weighted by Crippen LogP contribution is -2.51. The van der Waals surface area contributed by atoms with Crippen LogP contribution in [-0.2, 0) is 18.5 Å². The largest absolute Gasteiger partial charge is 0.470 e. The Morgan fingerprint density at radius 1 is 0.451 bits per heavy atom. The number of halogens is 15. The summed E-state index contributed by atoms with van der Waals surface area (Å²) in [5.74, 6) is -9.02. The molecule has 0 radical (unpaired) electrons. The normalized spacial score (nSPS) is 18.6. The molecule has 3 aliphatic rings. The minimum Gasteiger partial charge on any atom is -0.470 e. The molecule has 10 heterocycles. The number of aromatic nitrogens is 9. The average Bonchev–Trinajstić information content (AvgIpc) is 0.909. The number of pyridine rings is 4. The van der Waals surface area contributed by atoms with Gasteiger partial charge in [0.25, 0.3) is 35.4 Å². The Labute approximate surface area is 569 Å². The van der Waals surface area contributed by atoms with Crippen molar-refractivity contribution in [1.82, 2.24) is 59.6 Å². The van der Waals surface area contributed by atoms with Crippen LogP contribution < -0.4 is 14.2 Å². The molecule has 3 aliphatic heterocycles. The van der Waals surface area contributed by atoms with Crippen molar-refractivity contribution in [3.63, 3.8) is 0 Å². The fourth-order valence-corrected chi connectivity index (χ4v) is 11.5. The third-order valence-corrected chi connectivity index (χ3v) is 16.7. The number of hydrogen-bond acceptors (Lipinski definition) is 16. The number of benzene rings is 2. The van der Waals surface area contributed by atoms with E-state index < -0.39 is 136 Å². The maximum atomic E-state index is 14.7. The van der Waals surface area contributed by atoms with Crippen LogP contribution in [0.5, 0.6) is 17.6 Å². The summed E-state index contributed by atoms with van der Waals surface area (Å²) in [6, 6.07) is 10.5. The first-order valence-corrected chi connectivity index (χ1v) is 31.2. The molecule has 9 aromatic rings. The number of amides is 3. The van der Waals surface area contributed by atoms with Gasteiger partial charge in [0.15, 0.2) is 34.9 Å². The van der Waals surface area contributed by atoms with Gasteiger partial charge < -0.3 is 33.3 Å². The molecule has 34 heteroatoms. The molecule has 0 N–H and O–H groups in total. The first-order valence-electron chi connectivity index (χ1n) is 31.2. The zero-order valence-corrected chi connectivity index (χ0v) is 53.8. The van der Waals surface area contributed by atoms with E-state index in [2.05, 4.69) is 44.9 Å². The second kappa shape index (κ2) is 31.0. The standard InChI is InChI=1S/C23H18F6N4O2.C23H21F4N5O2.C22H18F5N3O3/c1-12-18(35-21-17(26)8-13(9-32-21)23(27,28)29)6-3-7-33(12)22(34)15-4-2-5-16(25)19(15)20-30-10-14(24)11-31-20;1-13-9-16(20-28-6-4-7-29-20)19(30-11-13)22(33)32-8-3-5-18(14(32)2)34-21-17(24)10-15(12-31-21)23(25,26)27;1-12-17(33-19-16(24)10-13(11-29-19)22(25,26)27)6-3-8-30(12)21(31)14-4-2-5-15(23)18(14)20-28-7-9-32-20/h2,4-5,8-12,18H,3,6-7H2,1H3;4,6-7,9-12,14,18H,3,5,8H2,1-2H3;2,4-5,7,9-12,17H,3,6,8H2,1H3/t12-,18+;14-,18+;12-,17+/m000/s1. The van der Waals surface area contributed by atoms with Crippen molar-refractivity contribution in [3.05, 3.63) is 203 Å². The van der Waals surface area contributed by atoms with Crippen molar-refractivity contribution in [2.75, 3.05) is 19.6 Å². The molecule has 7 aromatic heterocycles. The topological polar surface area (TPSA) is 218 Å². The van der Waals surface area contributed by atoms with Crippen LogP contribution in [0.25, 0.3) is 34.2 Å².